The highest BCUT2D eigenvalue weighted by atomic mass is 16.1. The standard InChI is InChI=1S/C18H22N4O/c1-13-5-8-16(9-6-13)19-18(23)15-4-3-11-22(12-15)17-10-7-14(2)20-21-17/h5-10,15H,3-4,11-12H2,1-2H3,(H,19,23). The Labute approximate surface area is 136 Å². The van der Waals surface area contributed by atoms with Gasteiger partial charge in [0.25, 0.3) is 0 Å². The second-order valence-electron chi connectivity index (χ2n) is 6.17. The Morgan fingerprint density at radius 1 is 1.13 bits per heavy atom. The zero-order valence-electron chi connectivity index (χ0n) is 13.6. The van der Waals surface area contributed by atoms with Crippen molar-refractivity contribution in [3.05, 3.63) is 47.7 Å². The van der Waals surface area contributed by atoms with E-state index in [4.69, 9.17) is 0 Å². The third kappa shape index (κ3) is 3.86. The molecule has 0 saturated carbocycles. The maximum atomic E-state index is 12.5. The first-order chi connectivity index (χ1) is 11.1. The zero-order chi connectivity index (χ0) is 16.2. The molecular formula is C18H22N4O. The summed E-state index contributed by atoms with van der Waals surface area (Å²) < 4.78 is 0. The van der Waals surface area contributed by atoms with Crippen LogP contribution in [0.25, 0.3) is 0 Å². The zero-order valence-corrected chi connectivity index (χ0v) is 13.6. The first-order valence-electron chi connectivity index (χ1n) is 8.04. The molecule has 1 aromatic carbocycles. The Morgan fingerprint density at radius 3 is 2.61 bits per heavy atom. The van der Waals surface area contributed by atoms with Gasteiger partial charge in [-0.05, 0) is 51.0 Å². The van der Waals surface area contributed by atoms with Gasteiger partial charge in [0.2, 0.25) is 5.91 Å². The van der Waals surface area contributed by atoms with Crippen molar-refractivity contribution in [3.8, 4) is 0 Å². The Bertz CT molecular complexity index is 666. The number of nitrogens with zero attached hydrogens (tertiary/aromatic N) is 3. The number of aromatic nitrogens is 2. The van der Waals surface area contributed by atoms with Crippen LogP contribution >= 0.6 is 0 Å². The van der Waals surface area contributed by atoms with Crippen molar-refractivity contribution in [2.24, 2.45) is 5.92 Å². The van der Waals surface area contributed by atoms with E-state index in [2.05, 4.69) is 20.4 Å². The molecule has 3 rings (SSSR count). The lowest BCUT2D eigenvalue weighted by molar-refractivity contribution is -0.120. The van der Waals surface area contributed by atoms with E-state index in [0.717, 1.165) is 36.6 Å². The Hall–Kier alpha value is -2.43. The number of carbonyl (C=O) groups is 1. The molecule has 2 heterocycles. The first kappa shape index (κ1) is 15.5. The number of hydrogen-bond donors (Lipinski definition) is 1. The quantitative estimate of drug-likeness (QED) is 0.947. The highest BCUT2D eigenvalue weighted by molar-refractivity contribution is 5.93. The Morgan fingerprint density at radius 2 is 1.91 bits per heavy atom. The van der Waals surface area contributed by atoms with E-state index in [0.29, 0.717) is 6.54 Å². The summed E-state index contributed by atoms with van der Waals surface area (Å²) in [7, 11) is 0. The van der Waals surface area contributed by atoms with E-state index in [1.54, 1.807) is 0 Å². The molecule has 1 fully saturated rings. The highest BCUT2D eigenvalue weighted by Crippen LogP contribution is 2.22. The van der Waals surface area contributed by atoms with Gasteiger partial charge in [-0.2, -0.15) is 5.10 Å². The lowest BCUT2D eigenvalue weighted by Crippen LogP contribution is -2.41. The number of nitrogens with one attached hydrogen (secondary N) is 1. The molecule has 5 nitrogen and oxygen atoms in total. The highest BCUT2D eigenvalue weighted by Gasteiger charge is 2.26. The summed E-state index contributed by atoms with van der Waals surface area (Å²) in [6.07, 6.45) is 1.90. The van der Waals surface area contributed by atoms with E-state index < -0.39 is 0 Å². The Balaban J connectivity index is 1.64. The predicted molar refractivity (Wildman–Crippen MR) is 91.5 cm³/mol. The van der Waals surface area contributed by atoms with Crippen LogP contribution in [0.4, 0.5) is 11.5 Å². The summed E-state index contributed by atoms with van der Waals surface area (Å²) in [5.74, 6) is 0.912. The van der Waals surface area contributed by atoms with Crippen LogP contribution in [0.15, 0.2) is 36.4 Å². The third-order valence-corrected chi connectivity index (χ3v) is 4.22. The number of rotatable bonds is 3. The van der Waals surface area contributed by atoms with Gasteiger partial charge < -0.3 is 10.2 Å². The molecule has 2 aromatic rings. The molecule has 1 unspecified atom stereocenters. The fraction of sp³-hybridized carbons (Fsp3) is 0.389. The smallest absolute Gasteiger partial charge is 0.229 e. The molecule has 0 radical (unpaired) electrons. The molecule has 1 aromatic heterocycles. The van der Waals surface area contributed by atoms with Crippen molar-refractivity contribution in [2.75, 3.05) is 23.3 Å². The van der Waals surface area contributed by atoms with Gasteiger partial charge in [-0.15, -0.1) is 5.10 Å². The van der Waals surface area contributed by atoms with Gasteiger partial charge in [-0.1, -0.05) is 17.7 Å². The maximum absolute atomic E-state index is 12.5. The summed E-state index contributed by atoms with van der Waals surface area (Å²) in [6, 6.07) is 11.8. The van der Waals surface area contributed by atoms with Gasteiger partial charge in [0, 0.05) is 18.8 Å². The van der Waals surface area contributed by atoms with E-state index in [9.17, 15) is 4.79 Å². The van der Waals surface area contributed by atoms with Crippen LogP contribution in [0.3, 0.4) is 0 Å². The van der Waals surface area contributed by atoms with Crippen LogP contribution < -0.4 is 10.2 Å². The maximum Gasteiger partial charge on any atom is 0.229 e. The monoisotopic (exact) mass is 310 g/mol. The average molecular weight is 310 g/mol. The minimum absolute atomic E-state index is 0.0202. The van der Waals surface area contributed by atoms with Crippen molar-refractivity contribution < 1.29 is 4.79 Å². The molecule has 1 saturated heterocycles. The molecule has 1 aliphatic heterocycles. The summed E-state index contributed by atoms with van der Waals surface area (Å²) >= 11 is 0. The van der Waals surface area contributed by atoms with E-state index in [1.807, 2.05) is 50.2 Å². The van der Waals surface area contributed by atoms with Crippen molar-refractivity contribution in [2.45, 2.75) is 26.7 Å². The fourth-order valence-electron chi connectivity index (χ4n) is 2.84. The SMILES string of the molecule is Cc1ccc(NC(=O)C2CCCN(c3ccc(C)nn3)C2)cc1. The number of aryl methyl sites for hydroxylation is 2. The number of hydrogen-bond acceptors (Lipinski definition) is 4. The number of benzene rings is 1. The molecule has 0 spiro atoms. The van der Waals surface area contributed by atoms with E-state index >= 15 is 0 Å². The van der Waals surface area contributed by atoms with Gasteiger partial charge in [0.05, 0.1) is 11.6 Å². The summed E-state index contributed by atoms with van der Waals surface area (Å²) in [5.41, 5.74) is 2.94. The molecule has 0 bridgehead atoms. The molecule has 1 aliphatic rings. The van der Waals surface area contributed by atoms with Gasteiger partial charge in [-0.25, -0.2) is 0 Å². The molecule has 23 heavy (non-hydrogen) atoms. The van der Waals surface area contributed by atoms with Gasteiger partial charge in [-0.3, -0.25) is 4.79 Å². The molecule has 1 amide bonds. The number of amides is 1. The molecule has 120 valence electrons. The lowest BCUT2D eigenvalue weighted by Gasteiger charge is -2.32. The van der Waals surface area contributed by atoms with Gasteiger partial charge in [0.1, 0.15) is 0 Å². The van der Waals surface area contributed by atoms with Crippen molar-refractivity contribution in [3.63, 3.8) is 0 Å². The van der Waals surface area contributed by atoms with Crippen LogP contribution in [0, 0.1) is 19.8 Å². The summed E-state index contributed by atoms with van der Waals surface area (Å²) in [4.78, 5) is 14.7. The minimum atomic E-state index is -0.0202. The lowest BCUT2D eigenvalue weighted by atomic mass is 9.97. The van der Waals surface area contributed by atoms with Crippen molar-refractivity contribution in [1.82, 2.24) is 10.2 Å². The van der Waals surface area contributed by atoms with Crippen LogP contribution in [0.5, 0.6) is 0 Å². The predicted octanol–water partition coefficient (Wildman–Crippen LogP) is 2.95. The van der Waals surface area contributed by atoms with E-state index in [-0.39, 0.29) is 11.8 Å². The van der Waals surface area contributed by atoms with Gasteiger partial charge >= 0.3 is 0 Å². The molecule has 1 N–H and O–H groups in total. The number of carbonyl (C=O) groups excluding carboxylic acids is 1. The van der Waals surface area contributed by atoms with Crippen LogP contribution in [0.2, 0.25) is 0 Å². The molecule has 1 atom stereocenters. The second-order valence-corrected chi connectivity index (χ2v) is 6.17. The largest absolute Gasteiger partial charge is 0.354 e. The van der Waals surface area contributed by atoms with Crippen LogP contribution in [-0.2, 0) is 4.79 Å². The van der Waals surface area contributed by atoms with E-state index in [1.165, 1.54) is 5.56 Å². The number of piperidine rings is 1. The normalized spacial score (nSPS) is 17.8. The second kappa shape index (κ2) is 6.77. The number of anilines is 2. The van der Waals surface area contributed by atoms with Crippen molar-refractivity contribution >= 4 is 17.4 Å². The average Bonchev–Trinajstić information content (AvgIpc) is 2.58. The molecular weight excluding hydrogens is 288 g/mol. The summed E-state index contributed by atoms with van der Waals surface area (Å²) in [5, 5.41) is 11.4. The first-order valence-corrected chi connectivity index (χ1v) is 8.04. The molecule has 5 heteroatoms. The van der Waals surface area contributed by atoms with Crippen molar-refractivity contribution in [1.29, 1.82) is 0 Å². The Kier molecular flexibility index (Phi) is 4.55. The van der Waals surface area contributed by atoms with Crippen LogP contribution in [-0.4, -0.2) is 29.2 Å². The topological polar surface area (TPSA) is 58.1 Å². The summed E-state index contributed by atoms with van der Waals surface area (Å²) in [6.45, 7) is 5.57. The fourth-order valence-corrected chi connectivity index (χ4v) is 2.84. The van der Waals surface area contributed by atoms with Crippen LogP contribution in [0.1, 0.15) is 24.1 Å². The minimum Gasteiger partial charge on any atom is -0.354 e. The van der Waals surface area contributed by atoms with Gasteiger partial charge in [0.15, 0.2) is 5.82 Å². The third-order valence-electron chi connectivity index (χ3n) is 4.22. The molecule has 0 aliphatic carbocycles.